The minimum absolute atomic E-state index is 0.137. The van der Waals surface area contributed by atoms with E-state index in [-0.39, 0.29) is 38.6 Å². The molecule has 5 rings (SSSR count). The minimum Gasteiger partial charge on any atom is -0.481 e. The second kappa shape index (κ2) is 11.5. The van der Waals surface area contributed by atoms with Crippen LogP contribution in [0.2, 0.25) is 5.02 Å². The second-order valence-corrected chi connectivity index (χ2v) is 11.7. The summed E-state index contributed by atoms with van der Waals surface area (Å²) in [6.07, 6.45) is 3.62. The highest BCUT2D eigenvalue weighted by Crippen LogP contribution is 2.40. The van der Waals surface area contributed by atoms with E-state index in [9.17, 15) is 4.39 Å². The van der Waals surface area contributed by atoms with E-state index in [1.54, 1.807) is 19.4 Å². The van der Waals surface area contributed by atoms with Crippen LogP contribution in [0.4, 0.5) is 10.3 Å². The first-order chi connectivity index (χ1) is 17.6. The summed E-state index contributed by atoms with van der Waals surface area (Å²) < 4.78 is 37.2. The molecular formula is C25H28ClFIN5O3. The number of halogens is 3. The highest BCUT2D eigenvalue weighted by molar-refractivity contribution is 14.2. The van der Waals surface area contributed by atoms with Crippen molar-refractivity contribution in [1.29, 1.82) is 0 Å². The maximum absolute atomic E-state index is 13.7. The predicted octanol–water partition coefficient (Wildman–Crippen LogP) is 4.53. The number of hydrogen-bond donors (Lipinski definition) is 0. The van der Waals surface area contributed by atoms with Crippen molar-refractivity contribution in [2.75, 3.05) is 38.3 Å². The highest BCUT2D eigenvalue weighted by atomic mass is 127. The molecular weight excluding hydrogens is 600 g/mol. The molecule has 0 spiro atoms. The van der Waals surface area contributed by atoms with Crippen LogP contribution < -0.4 is 9.64 Å². The number of benzene rings is 1. The number of alkyl halides is 1. The Labute approximate surface area is 224 Å². The molecule has 2 aliphatic heterocycles. The highest BCUT2D eigenvalue weighted by Gasteiger charge is 2.36. The molecule has 0 N–H and O–H groups in total. The van der Waals surface area contributed by atoms with Gasteiger partial charge in [0.25, 0.3) is 0 Å². The van der Waals surface area contributed by atoms with Gasteiger partial charge in [-0.15, -0.1) is 30.9 Å². The van der Waals surface area contributed by atoms with Crippen molar-refractivity contribution in [1.82, 2.24) is 19.7 Å². The van der Waals surface area contributed by atoms with Gasteiger partial charge >= 0.3 is 0 Å². The fraction of sp³-hybridized carbons (Fsp3) is 0.440. The summed E-state index contributed by atoms with van der Waals surface area (Å²) >= 11 is 6.10. The van der Waals surface area contributed by atoms with E-state index in [2.05, 4.69) is 24.6 Å². The zero-order chi connectivity index (χ0) is 25.1. The lowest BCUT2D eigenvalue weighted by Gasteiger charge is -2.23. The Morgan fingerprint density at radius 3 is 2.72 bits per heavy atom. The van der Waals surface area contributed by atoms with Crippen LogP contribution in [0.25, 0.3) is 5.69 Å². The zero-order valence-electron chi connectivity index (χ0n) is 19.9. The molecule has 2 fully saturated rings. The van der Waals surface area contributed by atoms with Crippen molar-refractivity contribution in [2.24, 2.45) is 0 Å². The summed E-state index contributed by atoms with van der Waals surface area (Å²) in [6, 6.07) is 8.41. The smallest absolute Gasteiger partial charge is 0.232 e. The van der Waals surface area contributed by atoms with Gasteiger partial charge in [-0.05, 0) is 36.6 Å². The van der Waals surface area contributed by atoms with Crippen LogP contribution in [-0.2, 0) is 16.1 Å². The van der Waals surface area contributed by atoms with Gasteiger partial charge in [-0.1, -0.05) is 22.2 Å². The van der Waals surface area contributed by atoms with E-state index in [1.807, 2.05) is 16.7 Å². The first-order valence-corrected chi connectivity index (χ1v) is 14.9. The number of nitrogens with zero attached hydrogens (tertiary/aromatic N) is 5. The fourth-order valence-electron chi connectivity index (χ4n) is 4.71. The van der Waals surface area contributed by atoms with Crippen LogP contribution in [0.5, 0.6) is 5.88 Å². The van der Waals surface area contributed by atoms with Gasteiger partial charge in [0.2, 0.25) is 11.8 Å². The number of rotatable bonds is 8. The summed E-state index contributed by atoms with van der Waals surface area (Å²) in [6.45, 7) is 3.21. The summed E-state index contributed by atoms with van der Waals surface area (Å²) in [5, 5.41) is 9.56. The topological polar surface area (TPSA) is 74.5 Å². The maximum atomic E-state index is 13.7. The first kappa shape index (κ1) is 25.5. The lowest BCUT2D eigenvalue weighted by Crippen LogP contribution is -2.25. The number of methoxy groups -OCH3 is 1. The molecule has 4 heterocycles. The molecule has 2 atom stereocenters. The monoisotopic (exact) mass is 627 g/mol. The van der Waals surface area contributed by atoms with Crippen LogP contribution in [0, 0.1) is 5.82 Å². The molecule has 2 aromatic heterocycles. The number of anilines is 1. The van der Waals surface area contributed by atoms with Crippen molar-refractivity contribution in [3.8, 4) is 11.6 Å². The van der Waals surface area contributed by atoms with Crippen molar-refractivity contribution in [2.45, 2.75) is 35.4 Å². The molecule has 0 aliphatic carbocycles. The number of ether oxygens (including phenoxy) is 3. The van der Waals surface area contributed by atoms with Crippen LogP contribution in [-0.4, -0.2) is 67.7 Å². The van der Waals surface area contributed by atoms with Gasteiger partial charge in [-0.3, -0.25) is 4.57 Å². The molecule has 3 aromatic rings. The van der Waals surface area contributed by atoms with Crippen LogP contribution >= 0.6 is 32.3 Å². The summed E-state index contributed by atoms with van der Waals surface area (Å²) in [4.78, 5) is 6.61. The fourth-order valence-corrected chi connectivity index (χ4v) is 7.00. The minimum atomic E-state index is -0.350. The van der Waals surface area contributed by atoms with Crippen LogP contribution in [0.1, 0.15) is 30.1 Å². The Morgan fingerprint density at radius 1 is 1.19 bits per heavy atom. The first-order valence-electron chi connectivity index (χ1n) is 11.8. The Kier molecular flexibility index (Phi) is 8.14. The lowest BCUT2D eigenvalue weighted by molar-refractivity contribution is -0.0412. The molecule has 11 heteroatoms. The molecule has 0 unspecified atom stereocenters. The lowest BCUT2D eigenvalue weighted by atomic mass is 9.98. The van der Waals surface area contributed by atoms with E-state index >= 15 is 0 Å². The van der Waals surface area contributed by atoms with Gasteiger partial charge in [0.05, 0.1) is 25.1 Å². The van der Waals surface area contributed by atoms with Gasteiger partial charge in [0.15, 0.2) is 5.82 Å². The Hall–Kier alpha value is -2.15. The van der Waals surface area contributed by atoms with Crippen molar-refractivity contribution in [3.05, 3.63) is 58.8 Å². The average Bonchev–Trinajstić information content (AvgIpc) is 3.52. The molecule has 0 radical (unpaired) electrons. The van der Waals surface area contributed by atoms with Crippen LogP contribution in [0.15, 0.2) is 36.5 Å². The van der Waals surface area contributed by atoms with Crippen molar-refractivity contribution < 1.29 is 18.6 Å². The zero-order valence-corrected chi connectivity index (χ0v) is 22.9. The van der Waals surface area contributed by atoms with Crippen molar-refractivity contribution >= 4 is 42.8 Å². The van der Waals surface area contributed by atoms with Gasteiger partial charge in [0.1, 0.15) is 12.4 Å². The predicted molar refractivity (Wildman–Crippen MR) is 146 cm³/mol. The normalized spacial score (nSPS) is 20.7. The van der Waals surface area contributed by atoms with E-state index in [0.717, 1.165) is 36.6 Å². The van der Waals surface area contributed by atoms with Crippen LogP contribution in [0.3, 0.4) is 0 Å². The largest absolute Gasteiger partial charge is 0.481 e. The number of aromatic nitrogens is 4. The summed E-state index contributed by atoms with van der Waals surface area (Å²) in [5.41, 5.74) is 1.78. The standard InChI is InChI=1S/C25H28ClFIN5O3/c1-28-22-14-32(13-20(22)19-5-3-16(27)11-21(19)26)25-31-30-23(15-36-18-7-9-35-10-8-18)33(25)17-4-6-24(34-2)29-12-17/h3-6,11-12,18,20,22H,1,7-10,13-15H2,2H3/t20-,22+/m1/s1. The van der Waals surface area contributed by atoms with E-state index in [4.69, 9.17) is 25.8 Å². The molecule has 2 saturated heterocycles. The summed E-state index contributed by atoms with van der Waals surface area (Å²) in [7, 11) is 1.59. The molecule has 2 aliphatic rings. The Morgan fingerprint density at radius 2 is 2.03 bits per heavy atom. The van der Waals surface area contributed by atoms with Gasteiger partial charge in [-0.25, -0.2) is 9.37 Å². The molecule has 0 saturated carbocycles. The van der Waals surface area contributed by atoms with E-state index in [1.165, 1.54) is 12.1 Å². The molecule has 1 aromatic carbocycles. The second-order valence-electron chi connectivity index (χ2n) is 8.78. The van der Waals surface area contributed by atoms with E-state index < -0.39 is 0 Å². The molecule has 0 bridgehead atoms. The summed E-state index contributed by atoms with van der Waals surface area (Å²) in [5.74, 6) is 1.76. The quantitative estimate of drug-likeness (QED) is 0.268. The Balaban J connectivity index is 1.46. The van der Waals surface area contributed by atoms with Gasteiger partial charge in [-0.2, -0.15) is 0 Å². The molecule has 192 valence electrons. The Bertz CT molecular complexity index is 1200. The third-order valence-corrected chi connectivity index (χ3v) is 9.33. The van der Waals surface area contributed by atoms with Gasteiger partial charge in [0, 0.05) is 47.2 Å². The maximum Gasteiger partial charge on any atom is 0.232 e. The molecule has 36 heavy (non-hydrogen) atoms. The SMILES string of the molecule is C=I[C@H]1CN(c2nnc(COC3CCOCC3)n2-c2ccc(OC)nc2)C[C@@H]1c1ccc(F)cc1Cl. The molecule has 0 amide bonds. The van der Waals surface area contributed by atoms with Crippen molar-refractivity contribution in [3.63, 3.8) is 0 Å². The van der Waals surface area contributed by atoms with E-state index in [0.29, 0.717) is 47.0 Å². The average molecular weight is 628 g/mol. The third-order valence-electron chi connectivity index (χ3n) is 6.61. The third kappa shape index (κ3) is 5.41. The molecule has 8 nitrogen and oxygen atoms in total. The number of hydrogen-bond acceptors (Lipinski definition) is 7. The van der Waals surface area contributed by atoms with Gasteiger partial charge < -0.3 is 19.1 Å². The number of pyridine rings is 1.